The number of aromatic amines is 1. The van der Waals surface area contributed by atoms with Gasteiger partial charge >= 0.3 is 0 Å². The van der Waals surface area contributed by atoms with Crippen molar-refractivity contribution in [2.24, 2.45) is 0 Å². The molecule has 0 bridgehead atoms. The second-order valence-corrected chi connectivity index (χ2v) is 5.45. The summed E-state index contributed by atoms with van der Waals surface area (Å²) < 4.78 is 0. The number of aliphatic hydroxyl groups excluding tert-OH is 1. The fourth-order valence-corrected chi connectivity index (χ4v) is 1.46. The van der Waals surface area contributed by atoms with Crippen LogP contribution >= 0.6 is 0 Å². The predicted octanol–water partition coefficient (Wildman–Crippen LogP) is 1.98. The summed E-state index contributed by atoms with van der Waals surface area (Å²) in [5.41, 5.74) is 2.03. The SMILES string of the molecule is CC(C)(C)c1[nH]ncc1C(C)(C)CO. The van der Waals surface area contributed by atoms with Gasteiger partial charge in [0.1, 0.15) is 0 Å². The van der Waals surface area contributed by atoms with Crippen molar-refractivity contribution >= 4 is 0 Å². The lowest BCUT2D eigenvalue weighted by Gasteiger charge is -2.26. The van der Waals surface area contributed by atoms with Gasteiger partial charge in [-0.05, 0) is 0 Å². The summed E-state index contributed by atoms with van der Waals surface area (Å²) in [6.07, 6.45) is 1.82. The van der Waals surface area contributed by atoms with Gasteiger partial charge in [-0.2, -0.15) is 5.10 Å². The Morgan fingerprint density at radius 3 is 2.29 bits per heavy atom. The molecule has 1 aromatic rings. The third-order valence-electron chi connectivity index (χ3n) is 2.51. The van der Waals surface area contributed by atoms with Crippen LogP contribution in [0.15, 0.2) is 6.20 Å². The van der Waals surface area contributed by atoms with Gasteiger partial charge in [-0.15, -0.1) is 0 Å². The van der Waals surface area contributed by atoms with Crippen LogP contribution in [0.3, 0.4) is 0 Å². The molecule has 0 saturated heterocycles. The van der Waals surface area contributed by atoms with Gasteiger partial charge in [0.2, 0.25) is 0 Å². The van der Waals surface area contributed by atoms with Crippen molar-refractivity contribution in [2.75, 3.05) is 6.61 Å². The standard InChI is InChI=1S/C11H20N2O/c1-10(2,3)9-8(6-12-13-9)11(4,5)7-14/h6,14H,7H2,1-5H3,(H,12,13). The van der Waals surface area contributed by atoms with Gasteiger partial charge in [-0.25, -0.2) is 0 Å². The molecule has 0 aromatic carbocycles. The summed E-state index contributed by atoms with van der Waals surface area (Å²) in [5, 5.41) is 16.4. The first kappa shape index (κ1) is 11.2. The zero-order valence-corrected chi connectivity index (χ0v) is 9.68. The first-order valence-corrected chi connectivity index (χ1v) is 4.94. The Bertz CT molecular complexity index is 307. The lowest BCUT2D eigenvalue weighted by Crippen LogP contribution is -2.26. The Morgan fingerprint density at radius 2 is 1.86 bits per heavy atom. The molecular formula is C11H20N2O. The van der Waals surface area contributed by atoms with E-state index in [1.807, 2.05) is 20.0 Å². The summed E-state index contributed by atoms with van der Waals surface area (Å²) in [7, 11) is 0. The van der Waals surface area contributed by atoms with Crippen LogP contribution in [0.2, 0.25) is 0 Å². The summed E-state index contributed by atoms with van der Waals surface area (Å²) >= 11 is 0. The van der Waals surface area contributed by atoms with Crippen molar-refractivity contribution in [3.8, 4) is 0 Å². The average Bonchev–Trinajstić information content (AvgIpc) is 2.51. The molecule has 0 amide bonds. The molecule has 3 heteroatoms. The Kier molecular flexibility index (Phi) is 2.72. The molecule has 0 spiro atoms. The fourth-order valence-electron chi connectivity index (χ4n) is 1.46. The van der Waals surface area contributed by atoms with Gasteiger partial charge in [0.25, 0.3) is 0 Å². The molecule has 14 heavy (non-hydrogen) atoms. The summed E-state index contributed by atoms with van der Waals surface area (Å²) in [6.45, 7) is 10.6. The van der Waals surface area contributed by atoms with Crippen LogP contribution < -0.4 is 0 Å². The van der Waals surface area contributed by atoms with Crippen molar-refractivity contribution in [1.82, 2.24) is 10.2 Å². The van der Waals surface area contributed by atoms with E-state index in [9.17, 15) is 5.11 Å². The topological polar surface area (TPSA) is 48.9 Å². The van der Waals surface area contributed by atoms with Gasteiger partial charge in [-0.3, -0.25) is 5.10 Å². The highest BCUT2D eigenvalue weighted by Crippen LogP contribution is 2.31. The van der Waals surface area contributed by atoms with Gasteiger partial charge in [-0.1, -0.05) is 34.6 Å². The van der Waals surface area contributed by atoms with Crippen LogP contribution in [0.5, 0.6) is 0 Å². The maximum absolute atomic E-state index is 9.31. The van der Waals surface area contributed by atoms with Gasteiger partial charge < -0.3 is 5.11 Å². The number of aromatic nitrogens is 2. The third-order valence-corrected chi connectivity index (χ3v) is 2.51. The first-order valence-electron chi connectivity index (χ1n) is 4.94. The predicted molar refractivity (Wildman–Crippen MR) is 57.4 cm³/mol. The zero-order chi connectivity index (χ0) is 11.0. The van der Waals surface area contributed by atoms with E-state index in [0.717, 1.165) is 11.3 Å². The molecule has 3 nitrogen and oxygen atoms in total. The molecule has 0 aliphatic rings. The van der Waals surface area contributed by atoms with Crippen molar-refractivity contribution in [2.45, 2.75) is 45.4 Å². The third kappa shape index (κ3) is 1.98. The summed E-state index contributed by atoms with van der Waals surface area (Å²) in [6, 6.07) is 0. The highest BCUT2D eigenvalue weighted by atomic mass is 16.3. The lowest BCUT2D eigenvalue weighted by atomic mass is 9.79. The van der Waals surface area contributed by atoms with Crippen LogP contribution in [0.1, 0.15) is 45.9 Å². The van der Waals surface area contributed by atoms with Gasteiger partial charge in [0, 0.05) is 22.1 Å². The molecule has 0 atom stereocenters. The molecule has 2 N–H and O–H groups in total. The Hall–Kier alpha value is -0.830. The number of hydrogen-bond acceptors (Lipinski definition) is 2. The maximum Gasteiger partial charge on any atom is 0.0528 e. The molecule has 0 aliphatic carbocycles. The molecule has 1 aromatic heterocycles. The first-order chi connectivity index (χ1) is 6.29. The normalized spacial score (nSPS) is 13.3. The largest absolute Gasteiger partial charge is 0.395 e. The van der Waals surface area contributed by atoms with E-state index in [0.29, 0.717) is 0 Å². The summed E-state index contributed by atoms with van der Waals surface area (Å²) in [5.74, 6) is 0. The number of H-pyrrole nitrogens is 1. The van der Waals surface area contributed by atoms with Gasteiger partial charge in [0.15, 0.2) is 0 Å². The van der Waals surface area contributed by atoms with Crippen LogP contribution in [0, 0.1) is 0 Å². The Balaban J connectivity index is 3.18. The minimum absolute atomic E-state index is 0.0400. The average molecular weight is 196 g/mol. The van der Waals surface area contributed by atoms with Crippen LogP contribution in [-0.4, -0.2) is 21.9 Å². The molecule has 0 radical (unpaired) electrons. The zero-order valence-electron chi connectivity index (χ0n) is 9.68. The molecule has 1 rings (SSSR count). The van der Waals surface area contributed by atoms with Crippen LogP contribution in [0.25, 0.3) is 0 Å². The van der Waals surface area contributed by atoms with E-state index < -0.39 is 0 Å². The quantitative estimate of drug-likeness (QED) is 0.759. The second-order valence-electron chi connectivity index (χ2n) is 5.45. The maximum atomic E-state index is 9.31. The van der Waals surface area contributed by atoms with Crippen molar-refractivity contribution < 1.29 is 5.11 Å². The highest BCUT2D eigenvalue weighted by Gasteiger charge is 2.29. The number of hydrogen-bond donors (Lipinski definition) is 2. The molecular weight excluding hydrogens is 176 g/mol. The van der Waals surface area contributed by atoms with E-state index in [1.165, 1.54) is 0 Å². The van der Waals surface area contributed by atoms with E-state index in [-0.39, 0.29) is 17.4 Å². The van der Waals surface area contributed by atoms with E-state index in [4.69, 9.17) is 0 Å². The number of nitrogens with one attached hydrogen (secondary N) is 1. The fraction of sp³-hybridized carbons (Fsp3) is 0.727. The summed E-state index contributed by atoms with van der Waals surface area (Å²) in [4.78, 5) is 0. The second kappa shape index (κ2) is 3.39. The van der Waals surface area contributed by atoms with Crippen LogP contribution in [-0.2, 0) is 10.8 Å². The number of aliphatic hydroxyl groups is 1. The molecule has 0 saturated carbocycles. The molecule has 80 valence electrons. The van der Waals surface area contributed by atoms with Gasteiger partial charge in [0.05, 0.1) is 12.8 Å². The molecule has 0 aliphatic heterocycles. The van der Waals surface area contributed by atoms with Crippen molar-refractivity contribution in [3.05, 3.63) is 17.5 Å². The number of nitrogens with zero attached hydrogens (tertiary/aromatic N) is 1. The van der Waals surface area contributed by atoms with E-state index >= 15 is 0 Å². The smallest absolute Gasteiger partial charge is 0.0528 e. The highest BCUT2D eigenvalue weighted by molar-refractivity contribution is 5.30. The van der Waals surface area contributed by atoms with E-state index in [1.54, 1.807) is 0 Å². The van der Waals surface area contributed by atoms with Crippen molar-refractivity contribution in [1.29, 1.82) is 0 Å². The minimum Gasteiger partial charge on any atom is -0.395 e. The minimum atomic E-state index is -0.227. The lowest BCUT2D eigenvalue weighted by molar-refractivity contribution is 0.216. The van der Waals surface area contributed by atoms with Crippen LogP contribution in [0.4, 0.5) is 0 Å². The molecule has 0 fully saturated rings. The van der Waals surface area contributed by atoms with E-state index in [2.05, 4.69) is 31.0 Å². The Labute approximate surface area is 85.5 Å². The van der Waals surface area contributed by atoms with Crippen molar-refractivity contribution in [3.63, 3.8) is 0 Å². The number of rotatable bonds is 2. The molecule has 0 unspecified atom stereocenters. The monoisotopic (exact) mass is 196 g/mol. The Morgan fingerprint density at radius 1 is 1.29 bits per heavy atom. The molecule has 1 heterocycles.